The van der Waals surface area contributed by atoms with Crippen LogP contribution in [0.25, 0.3) is 0 Å². The molecule has 1 saturated heterocycles. The summed E-state index contributed by atoms with van der Waals surface area (Å²) < 4.78 is 28.3. The van der Waals surface area contributed by atoms with Crippen LogP contribution in [0.5, 0.6) is 0 Å². The van der Waals surface area contributed by atoms with E-state index in [2.05, 4.69) is 0 Å². The van der Waals surface area contributed by atoms with Crippen molar-refractivity contribution in [3.05, 3.63) is 29.8 Å². The molecule has 2 fully saturated rings. The highest BCUT2D eigenvalue weighted by atomic mass is 35.5. The summed E-state index contributed by atoms with van der Waals surface area (Å²) in [5, 5.41) is 0.00939. The lowest BCUT2D eigenvalue weighted by Gasteiger charge is -2.37. The van der Waals surface area contributed by atoms with E-state index < -0.39 is 10.0 Å². The molecule has 1 aromatic carbocycles. The number of hydrogen-bond acceptors (Lipinski definition) is 2. The molecular formula is C19H28ClNO2S. The molecule has 0 bridgehead atoms. The van der Waals surface area contributed by atoms with Gasteiger partial charge in [-0.2, -0.15) is 4.31 Å². The summed E-state index contributed by atoms with van der Waals surface area (Å²) in [7, 11) is -3.45. The van der Waals surface area contributed by atoms with E-state index in [9.17, 15) is 8.42 Å². The largest absolute Gasteiger partial charge is 0.243 e. The Kier molecular flexibility index (Phi) is 5.58. The third-order valence-corrected chi connectivity index (χ3v) is 8.04. The van der Waals surface area contributed by atoms with Crippen molar-refractivity contribution in [2.75, 3.05) is 6.54 Å². The van der Waals surface area contributed by atoms with Gasteiger partial charge in [0.25, 0.3) is 0 Å². The van der Waals surface area contributed by atoms with Crippen LogP contribution in [0.15, 0.2) is 29.2 Å². The molecule has 3 atom stereocenters. The third kappa shape index (κ3) is 3.51. The Balaban J connectivity index is 1.93. The summed E-state index contributed by atoms with van der Waals surface area (Å²) in [4.78, 5) is 0.414. The van der Waals surface area contributed by atoms with Gasteiger partial charge in [-0.3, -0.25) is 0 Å². The van der Waals surface area contributed by atoms with Crippen LogP contribution < -0.4 is 0 Å². The molecule has 0 spiro atoms. The highest BCUT2D eigenvalue weighted by Gasteiger charge is 2.46. The van der Waals surface area contributed by atoms with Crippen LogP contribution in [-0.4, -0.2) is 30.7 Å². The van der Waals surface area contributed by atoms with Gasteiger partial charge in [0, 0.05) is 18.0 Å². The zero-order valence-corrected chi connectivity index (χ0v) is 16.2. The molecule has 1 aromatic rings. The fourth-order valence-corrected chi connectivity index (χ4v) is 6.52. The summed E-state index contributed by atoms with van der Waals surface area (Å²) in [5.74, 6) is 0.711. The molecule has 1 saturated carbocycles. The first-order chi connectivity index (χ1) is 11.4. The first-order valence-corrected chi connectivity index (χ1v) is 11.0. The molecule has 134 valence electrons. The second-order valence-corrected chi connectivity index (χ2v) is 10.0. The van der Waals surface area contributed by atoms with E-state index in [-0.39, 0.29) is 17.3 Å². The van der Waals surface area contributed by atoms with Crippen LogP contribution in [-0.2, 0) is 10.0 Å². The van der Waals surface area contributed by atoms with Gasteiger partial charge in [0.05, 0.1) is 4.90 Å². The van der Waals surface area contributed by atoms with Crippen LogP contribution >= 0.6 is 11.6 Å². The maximum atomic E-state index is 13.2. The van der Waals surface area contributed by atoms with E-state index in [0.29, 0.717) is 17.4 Å². The van der Waals surface area contributed by atoms with Crippen molar-refractivity contribution < 1.29 is 8.42 Å². The predicted octanol–water partition coefficient (Wildman–Crippen LogP) is 4.58. The maximum absolute atomic E-state index is 13.2. The van der Waals surface area contributed by atoms with Crippen molar-refractivity contribution in [2.45, 2.75) is 68.7 Å². The fraction of sp³-hybridized carbons (Fsp3) is 0.684. The Hall–Kier alpha value is -0.580. The van der Waals surface area contributed by atoms with Gasteiger partial charge in [0.15, 0.2) is 0 Å². The predicted molar refractivity (Wildman–Crippen MR) is 98.9 cm³/mol. The smallest absolute Gasteiger partial charge is 0.207 e. The number of halogens is 1. The third-order valence-electron chi connectivity index (χ3n) is 5.80. The van der Waals surface area contributed by atoms with E-state index >= 15 is 0 Å². The minimum Gasteiger partial charge on any atom is -0.207 e. The summed E-state index contributed by atoms with van der Waals surface area (Å²) in [5.41, 5.74) is 1.08. The van der Waals surface area contributed by atoms with Crippen molar-refractivity contribution >= 4 is 21.6 Å². The van der Waals surface area contributed by atoms with Crippen LogP contribution in [0.2, 0.25) is 0 Å². The van der Waals surface area contributed by atoms with Crippen LogP contribution in [0.4, 0.5) is 0 Å². The second-order valence-electron chi connectivity index (χ2n) is 7.45. The van der Waals surface area contributed by atoms with Crippen molar-refractivity contribution in [1.29, 1.82) is 0 Å². The molecule has 3 nitrogen and oxygen atoms in total. The quantitative estimate of drug-likeness (QED) is 0.728. The van der Waals surface area contributed by atoms with Gasteiger partial charge in [-0.15, -0.1) is 11.6 Å². The van der Waals surface area contributed by atoms with Crippen LogP contribution in [0, 0.1) is 18.8 Å². The summed E-state index contributed by atoms with van der Waals surface area (Å²) >= 11 is 6.46. The van der Waals surface area contributed by atoms with Gasteiger partial charge < -0.3 is 0 Å². The maximum Gasteiger partial charge on any atom is 0.243 e. The van der Waals surface area contributed by atoms with Crippen molar-refractivity contribution in [1.82, 2.24) is 4.31 Å². The Morgan fingerprint density at radius 2 is 1.71 bits per heavy atom. The molecule has 0 aromatic heterocycles. The monoisotopic (exact) mass is 369 g/mol. The molecule has 2 aliphatic rings. The Morgan fingerprint density at radius 1 is 1.08 bits per heavy atom. The van der Waals surface area contributed by atoms with E-state index in [1.165, 1.54) is 19.3 Å². The van der Waals surface area contributed by atoms with E-state index in [0.717, 1.165) is 24.8 Å². The van der Waals surface area contributed by atoms with Gasteiger partial charge in [0.2, 0.25) is 10.0 Å². The lowest BCUT2D eigenvalue weighted by Crippen LogP contribution is -2.44. The minimum atomic E-state index is -3.45. The van der Waals surface area contributed by atoms with E-state index in [1.54, 1.807) is 16.4 Å². The summed E-state index contributed by atoms with van der Waals surface area (Å²) in [6.07, 6.45) is 6.83. The minimum absolute atomic E-state index is 0.00939. The number of benzene rings is 1. The standard InChI is InChI=1S/C19H28ClNO2S/c1-14-8-10-17(11-9-14)24(22,23)21-13-12-18(15(2)20)19(21)16-6-4-3-5-7-16/h8-11,15-16,18-19H,3-7,12-13H2,1-2H3/t15-,18+,19+/m1/s1. The average Bonchev–Trinajstić information content (AvgIpc) is 3.02. The average molecular weight is 370 g/mol. The number of alkyl halides is 1. The van der Waals surface area contributed by atoms with Crippen LogP contribution in [0.1, 0.15) is 51.0 Å². The molecule has 0 N–H and O–H groups in total. The summed E-state index contributed by atoms with van der Waals surface area (Å²) in [6.45, 7) is 4.59. The Morgan fingerprint density at radius 3 is 2.29 bits per heavy atom. The van der Waals surface area contributed by atoms with E-state index in [4.69, 9.17) is 11.6 Å². The second kappa shape index (κ2) is 7.35. The number of nitrogens with zero attached hydrogens (tertiary/aromatic N) is 1. The normalized spacial score (nSPS) is 28.1. The fourth-order valence-electron chi connectivity index (χ4n) is 4.50. The molecule has 5 heteroatoms. The first-order valence-electron chi connectivity index (χ1n) is 9.14. The molecule has 1 aliphatic heterocycles. The van der Waals surface area contributed by atoms with Gasteiger partial charge in [-0.25, -0.2) is 8.42 Å². The molecule has 0 radical (unpaired) electrons. The van der Waals surface area contributed by atoms with Gasteiger partial charge in [0.1, 0.15) is 0 Å². The molecule has 24 heavy (non-hydrogen) atoms. The highest BCUT2D eigenvalue weighted by Crippen LogP contribution is 2.42. The summed E-state index contributed by atoms with van der Waals surface area (Å²) in [6, 6.07) is 7.28. The highest BCUT2D eigenvalue weighted by molar-refractivity contribution is 7.89. The van der Waals surface area contributed by atoms with Crippen LogP contribution in [0.3, 0.4) is 0 Å². The Labute approximate surface area is 151 Å². The Bertz CT molecular complexity index is 650. The van der Waals surface area contributed by atoms with Crippen molar-refractivity contribution in [3.8, 4) is 0 Å². The number of hydrogen-bond donors (Lipinski definition) is 0. The number of rotatable bonds is 4. The first kappa shape index (κ1) is 18.2. The SMILES string of the molecule is Cc1ccc(S(=O)(=O)N2CC[C@@H]([C@@H](C)Cl)[C@@H]2C2CCCCC2)cc1. The molecule has 3 rings (SSSR count). The lowest BCUT2D eigenvalue weighted by molar-refractivity contribution is 0.189. The van der Waals surface area contributed by atoms with Crippen molar-refractivity contribution in [3.63, 3.8) is 0 Å². The van der Waals surface area contributed by atoms with Gasteiger partial charge >= 0.3 is 0 Å². The van der Waals surface area contributed by atoms with Gasteiger partial charge in [-0.1, -0.05) is 37.0 Å². The number of sulfonamides is 1. The molecule has 0 amide bonds. The molecule has 1 heterocycles. The lowest BCUT2D eigenvalue weighted by atomic mass is 9.78. The molecule has 0 unspecified atom stereocenters. The number of aryl methyl sites for hydroxylation is 1. The zero-order chi connectivity index (χ0) is 17.3. The molecule has 1 aliphatic carbocycles. The van der Waals surface area contributed by atoms with E-state index in [1.807, 2.05) is 26.0 Å². The van der Waals surface area contributed by atoms with Crippen molar-refractivity contribution in [2.24, 2.45) is 11.8 Å². The van der Waals surface area contributed by atoms with Gasteiger partial charge in [-0.05, 0) is 57.1 Å². The zero-order valence-electron chi connectivity index (χ0n) is 14.6. The topological polar surface area (TPSA) is 37.4 Å². The molecular weight excluding hydrogens is 342 g/mol.